The summed E-state index contributed by atoms with van der Waals surface area (Å²) >= 11 is 1.59. The van der Waals surface area contributed by atoms with Crippen molar-refractivity contribution in [2.75, 3.05) is 25.3 Å². The Morgan fingerprint density at radius 3 is 2.74 bits per heavy atom. The topological polar surface area (TPSA) is 65.4 Å². The van der Waals surface area contributed by atoms with Gasteiger partial charge >= 0.3 is 0 Å². The van der Waals surface area contributed by atoms with E-state index in [4.69, 9.17) is 9.47 Å². The highest BCUT2D eigenvalue weighted by molar-refractivity contribution is 8.00. The van der Waals surface area contributed by atoms with Crippen LogP contribution in [0, 0.1) is 6.92 Å². The van der Waals surface area contributed by atoms with Gasteiger partial charge in [0.1, 0.15) is 5.82 Å². The minimum absolute atomic E-state index is 0.0115. The van der Waals surface area contributed by atoms with E-state index in [2.05, 4.69) is 10.4 Å². The number of methoxy groups -OCH3 is 2. The summed E-state index contributed by atoms with van der Waals surface area (Å²) in [4.78, 5) is 12.0. The minimum atomic E-state index is -0.0118. The third kappa shape index (κ3) is 2.76. The van der Waals surface area contributed by atoms with E-state index < -0.39 is 0 Å². The smallest absolute Gasteiger partial charge is 0.235 e. The van der Waals surface area contributed by atoms with Crippen molar-refractivity contribution in [3.8, 4) is 11.5 Å². The first kappa shape index (κ1) is 15.7. The first-order valence-electron chi connectivity index (χ1n) is 7.22. The fraction of sp³-hybridized carbons (Fsp3) is 0.375. The number of hydrogen-bond acceptors (Lipinski definition) is 5. The van der Waals surface area contributed by atoms with Gasteiger partial charge in [-0.25, -0.2) is 0 Å². The molecule has 0 radical (unpaired) electrons. The molecule has 1 aromatic carbocycles. The van der Waals surface area contributed by atoms with Crippen LogP contribution in [0.4, 0.5) is 5.82 Å². The average molecular weight is 333 g/mol. The van der Waals surface area contributed by atoms with E-state index in [1.54, 1.807) is 30.7 Å². The molecule has 1 aromatic heterocycles. The van der Waals surface area contributed by atoms with Crippen LogP contribution in [0.3, 0.4) is 0 Å². The molecular weight excluding hydrogens is 314 g/mol. The molecule has 1 aliphatic rings. The number of anilines is 1. The van der Waals surface area contributed by atoms with Crippen LogP contribution in [-0.2, 0) is 11.8 Å². The van der Waals surface area contributed by atoms with Gasteiger partial charge in [-0.1, -0.05) is 6.07 Å². The number of nitrogens with zero attached hydrogens (tertiary/aromatic N) is 2. The maximum atomic E-state index is 12.0. The van der Waals surface area contributed by atoms with Crippen LogP contribution in [0.25, 0.3) is 0 Å². The molecule has 122 valence electrons. The van der Waals surface area contributed by atoms with Crippen molar-refractivity contribution in [3.05, 3.63) is 35.0 Å². The van der Waals surface area contributed by atoms with Crippen LogP contribution in [0.5, 0.6) is 11.5 Å². The van der Waals surface area contributed by atoms with Gasteiger partial charge in [0.25, 0.3) is 0 Å². The van der Waals surface area contributed by atoms with E-state index in [-0.39, 0.29) is 11.2 Å². The summed E-state index contributed by atoms with van der Waals surface area (Å²) in [6, 6.07) is 5.85. The monoisotopic (exact) mass is 333 g/mol. The van der Waals surface area contributed by atoms with Crippen molar-refractivity contribution in [2.24, 2.45) is 7.05 Å². The molecule has 0 saturated carbocycles. The molecule has 0 unspecified atom stereocenters. The molecule has 1 N–H and O–H groups in total. The van der Waals surface area contributed by atoms with Crippen LogP contribution in [0.15, 0.2) is 18.2 Å². The van der Waals surface area contributed by atoms with Gasteiger partial charge in [0.05, 0.1) is 30.9 Å². The zero-order chi connectivity index (χ0) is 16.6. The summed E-state index contributed by atoms with van der Waals surface area (Å²) in [6.07, 6.45) is 0. The third-order valence-corrected chi connectivity index (χ3v) is 5.15. The fourth-order valence-electron chi connectivity index (χ4n) is 2.83. The largest absolute Gasteiger partial charge is 0.493 e. The maximum Gasteiger partial charge on any atom is 0.235 e. The van der Waals surface area contributed by atoms with Crippen molar-refractivity contribution in [3.63, 3.8) is 0 Å². The first-order valence-corrected chi connectivity index (χ1v) is 8.27. The number of ether oxygens (including phenoxy) is 2. The number of carbonyl (C=O) groups is 1. The van der Waals surface area contributed by atoms with Crippen LogP contribution < -0.4 is 14.8 Å². The van der Waals surface area contributed by atoms with Gasteiger partial charge in [-0.05, 0) is 24.6 Å². The highest BCUT2D eigenvalue weighted by Crippen LogP contribution is 2.44. The Morgan fingerprint density at radius 2 is 2.04 bits per heavy atom. The number of thioether (sulfide) groups is 1. The van der Waals surface area contributed by atoms with Crippen molar-refractivity contribution in [2.45, 2.75) is 12.2 Å². The number of carbonyl (C=O) groups excluding carboxylic acids is 1. The molecule has 23 heavy (non-hydrogen) atoms. The molecule has 7 heteroatoms. The highest BCUT2D eigenvalue weighted by Gasteiger charge is 2.29. The van der Waals surface area contributed by atoms with Crippen molar-refractivity contribution >= 4 is 23.5 Å². The number of aromatic nitrogens is 2. The zero-order valence-corrected chi connectivity index (χ0v) is 14.4. The Kier molecular flexibility index (Phi) is 4.21. The average Bonchev–Trinajstić information content (AvgIpc) is 2.72. The zero-order valence-electron chi connectivity index (χ0n) is 13.5. The molecular formula is C16H19N3O3S. The number of amides is 1. The Morgan fingerprint density at radius 1 is 1.30 bits per heavy atom. The molecule has 6 nitrogen and oxygen atoms in total. The summed E-state index contributed by atoms with van der Waals surface area (Å²) in [5, 5.41) is 7.41. The lowest BCUT2D eigenvalue weighted by Gasteiger charge is -2.17. The number of aryl methyl sites for hydroxylation is 2. The molecule has 2 aromatic rings. The fourth-order valence-corrected chi connectivity index (χ4v) is 4.00. The van der Waals surface area contributed by atoms with Crippen molar-refractivity contribution in [1.82, 2.24) is 9.78 Å². The molecule has 0 fully saturated rings. The first-order chi connectivity index (χ1) is 11.0. The van der Waals surface area contributed by atoms with Gasteiger partial charge in [0.15, 0.2) is 11.5 Å². The molecule has 1 aliphatic heterocycles. The summed E-state index contributed by atoms with van der Waals surface area (Å²) in [7, 11) is 5.07. The molecule has 2 heterocycles. The lowest BCUT2D eigenvalue weighted by atomic mass is 10.0. The van der Waals surface area contributed by atoms with E-state index in [9.17, 15) is 4.79 Å². The summed E-state index contributed by atoms with van der Waals surface area (Å²) in [5.74, 6) is 2.51. The second-order valence-corrected chi connectivity index (χ2v) is 6.42. The molecule has 0 aliphatic carbocycles. The SMILES string of the molecule is COc1ccc([C@H]2SCC(=O)Nc3c2c(C)nn3C)cc1OC. The molecule has 1 amide bonds. The Hall–Kier alpha value is -2.15. The summed E-state index contributed by atoms with van der Waals surface area (Å²) in [6.45, 7) is 1.96. The van der Waals surface area contributed by atoms with E-state index in [1.165, 1.54) is 0 Å². The number of fused-ring (bicyclic) bond motifs is 1. The number of rotatable bonds is 3. The van der Waals surface area contributed by atoms with E-state index in [1.807, 2.05) is 32.2 Å². The van der Waals surface area contributed by atoms with Crippen molar-refractivity contribution in [1.29, 1.82) is 0 Å². The third-order valence-electron chi connectivity index (χ3n) is 3.88. The van der Waals surface area contributed by atoms with Crippen LogP contribution in [0.2, 0.25) is 0 Å². The maximum absolute atomic E-state index is 12.0. The van der Waals surface area contributed by atoms with Gasteiger partial charge in [0.2, 0.25) is 5.91 Å². The summed E-state index contributed by atoms with van der Waals surface area (Å²) < 4.78 is 12.4. The lowest BCUT2D eigenvalue weighted by molar-refractivity contribution is -0.113. The second kappa shape index (κ2) is 6.16. The van der Waals surface area contributed by atoms with E-state index in [0.717, 1.165) is 22.6 Å². The minimum Gasteiger partial charge on any atom is -0.493 e. The molecule has 1 atom stereocenters. The van der Waals surface area contributed by atoms with Gasteiger partial charge < -0.3 is 14.8 Å². The van der Waals surface area contributed by atoms with Crippen LogP contribution >= 0.6 is 11.8 Å². The predicted octanol–water partition coefficient (Wildman–Crippen LogP) is 2.52. The Labute approximate surface area is 139 Å². The quantitative estimate of drug-likeness (QED) is 0.935. The normalized spacial score (nSPS) is 17.2. The van der Waals surface area contributed by atoms with Gasteiger partial charge in [-0.3, -0.25) is 9.48 Å². The molecule has 0 saturated heterocycles. The van der Waals surface area contributed by atoms with E-state index in [0.29, 0.717) is 17.3 Å². The summed E-state index contributed by atoms with van der Waals surface area (Å²) in [5.41, 5.74) is 3.01. The lowest BCUT2D eigenvalue weighted by Crippen LogP contribution is -2.15. The highest BCUT2D eigenvalue weighted by atomic mass is 32.2. The van der Waals surface area contributed by atoms with Gasteiger partial charge in [-0.15, -0.1) is 11.8 Å². The predicted molar refractivity (Wildman–Crippen MR) is 90.4 cm³/mol. The van der Waals surface area contributed by atoms with Gasteiger partial charge in [0, 0.05) is 12.6 Å². The molecule has 3 rings (SSSR count). The molecule has 0 bridgehead atoms. The van der Waals surface area contributed by atoms with Crippen LogP contribution in [0.1, 0.15) is 22.1 Å². The molecule has 0 spiro atoms. The second-order valence-electron chi connectivity index (χ2n) is 5.32. The van der Waals surface area contributed by atoms with Crippen molar-refractivity contribution < 1.29 is 14.3 Å². The standard InChI is InChI=1S/C16H19N3O3S/c1-9-14-15(10-5-6-11(21-3)12(7-10)22-4)23-8-13(20)17-16(14)19(2)18-9/h5-7,15H,8H2,1-4H3,(H,17,20)/t15-/m1/s1. The van der Waals surface area contributed by atoms with E-state index >= 15 is 0 Å². The van der Waals surface area contributed by atoms with Gasteiger partial charge in [-0.2, -0.15) is 5.10 Å². The van der Waals surface area contributed by atoms with Crippen LogP contribution in [-0.4, -0.2) is 35.7 Å². The Bertz CT molecular complexity index is 757. The number of hydrogen-bond donors (Lipinski definition) is 1. The number of benzene rings is 1. The number of nitrogens with one attached hydrogen (secondary N) is 1. The Balaban J connectivity index is 2.11.